The molecular formula is C13H19N3O4S. The molecule has 116 valence electrons. The van der Waals surface area contributed by atoms with E-state index < -0.39 is 26.8 Å². The van der Waals surface area contributed by atoms with Crippen LogP contribution in [0.4, 0.5) is 4.79 Å². The van der Waals surface area contributed by atoms with Crippen LogP contribution in [0.3, 0.4) is 0 Å². The van der Waals surface area contributed by atoms with Crippen LogP contribution in [0.25, 0.3) is 0 Å². The number of sulfone groups is 1. The van der Waals surface area contributed by atoms with Gasteiger partial charge in [0.1, 0.15) is 5.60 Å². The molecule has 0 bridgehead atoms. The minimum Gasteiger partial charge on any atom is -0.444 e. The monoisotopic (exact) mass is 313 g/mol. The molecule has 7 nitrogen and oxygen atoms in total. The molecule has 2 rings (SSSR count). The van der Waals surface area contributed by atoms with Crippen LogP contribution >= 0.6 is 0 Å². The van der Waals surface area contributed by atoms with E-state index in [4.69, 9.17) is 4.74 Å². The summed E-state index contributed by atoms with van der Waals surface area (Å²) >= 11 is 0. The van der Waals surface area contributed by atoms with E-state index in [2.05, 4.69) is 9.97 Å². The van der Waals surface area contributed by atoms with Gasteiger partial charge in [-0.1, -0.05) is 0 Å². The predicted octanol–water partition coefficient (Wildman–Crippen LogP) is 1.26. The van der Waals surface area contributed by atoms with Crippen molar-refractivity contribution in [1.29, 1.82) is 0 Å². The smallest absolute Gasteiger partial charge is 0.410 e. The van der Waals surface area contributed by atoms with E-state index in [1.165, 1.54) is 23.5 Å². The molecule has 1 saturated heterocycles. The van der Waals surface area contributed by atoms with Crippen LogP contribution in [0.1, 0.15) is 27.2 Å². The molecule has 0 aliphatic carbocycles. The largest absolute Gasteiger partial charge is 0.444 e. The van der Waals surface area contributed by atoms with E-state index in [-0.39, 0.29) is 11.6 Å². The van der Waals surface area contributed by atoms with Gasteiger partial charge in [-0.15, -0.1) is 0 Å². The third kappa shape index (κ3) is 3.69. The molecule has 1 atom stereocenters. The number of hydrogen-bond acceptors (Lipinski definition) is 6. The van der Waals surface area contributed by atoms with Crippen LogP contribution in [-0.4, -0.2) is 53.3 Å². The van der Waals surface area contributed by atoms with Crippen molar-refractivity contribution in [3.63, 3.8) is 0 Å². The number of nitrogens with zero attached hydrogens (tertiary/aromatic N) is 3. The number of ether oxygens (including phenoxy) is 1. The molecule has 1 aromatic heterocycles. The molecule has 1 aromatic rings. The Kier molecular flexibility index (Phi) is 4.18. The summed E-state index contributed by atoms with van der Waals surface area (Å²) in [5.41, 5.74) is -0.598. The van der Waals surface area contributed by atoms with Gasteiger partial charge in [-0.25, -0.2) is 18.2 Å². The van der Waals surface area contributed by atoms with Crippen LogP contribution in [-0.2, 0) is 14.6 Å². The van der Waals surface area contributed by atoms with Crippen molar-refractivity contribution >= 4 is 15.9 Å². The van der Waals surface area contributed by atoms with Gasteiger partial charge in [0.25, 0.3) is 0 Å². The second-order valence-corrected chi connectivity index (χ2v) is 8.10. The molecule has 0 aromatic carbocycles. The van der Waals surface area contributed by atoms with Crippen molar-refractivity contribution in [2.45, 2.75) is 43.1 Å². The van der Waals surface area contributed by atoms with Gasteiger partial charge in [-0.2, -0.15) is 0 Å². The van der Waals surface area contributed by atoms with Gasteiger partial charge < -0.3 is 9.64 Å². The summed E-state index contributed by atoms with van der Waals surface area (Å²) in [6.45, 7) is 5.80. The summed E-state index contributed by atoms with van der Waals surface area (Å²) in [6.07, 6.45) is 3.87. The first-order chi connectivity index (χ1) is 9.70. The topological polar surface area (TPSA) is 89.5 Å². The van der Waals surface area contributed by atoms with Gasteiger partial charge in [0.05, 0.1) is 11.4 Å². The molecule has 2 heterocycles. The molecule has 8 heteroatoms. The summed E-state index contributed by atoms with van der Waals surface area (Å²) in [7, 11) is -3.57. The second-order valence-electron chi connectivity index (χ2n) is 5.93. The van der Waals surface area contributed by atoms with Crippen LogP contribution in [0.5, 0.6) is 0 Å². The van der Waals surface area contributed by atoms with Crippen molar-refractivity contribution in [2.75, 3.05) is 13.1 Å². The van der Waals surface area contributed by atoms with Gasteiger partial charge in [0.2, 0.25) is 9.84 Å². The second kappa shape index (κ2) is 5.59. The molecule has 0 saturated carbocycles. The molecule has 1 aliphatic rings. The van der Waals surface area contributed by atoms with E-state index in [1.54, 1.807) is 20.8 Å². The Balaban J connectivity index is 2.07. The molecule has 1 amide bonds. The number of rotatable bonds is 2. The average Bonchev–Trinajstić information content (AvgIpc) is 2.88. The Bertz CT molecular complexity index is 610. The maximum Gasteiger partial charge on any atom is 0.410 e. The van der Waals surface area contributed by atoms with E-state index in [0.29, 0.717) is 13.0 Å². The van der Waals surface area contributed by atoms with Gasteiger partial charge in [-0.3, -0.25) is 4.98 Å². The van der Waals surface area contributed by atoms with Crippen molar-refractivity contribution in [3.8, 4) is 0 Å². The highest BCUT2D eigenvalue weighted by Crippen LogP contribution is 2.23. The van der Waals surface area contributed by atoms with Crippen molar-refractivity contribution in [1.82, 2.24) is 14.9 Å². The maximum absolute atomic E-state index is 12.4. The predicted molar refractivity (Wildman–Crippen MR) is 75.4 cm³/mol. The van der Waals surface area contributed by atoms with Crippen LogP contribution < -0.4 is 0 Å². The summed E-state index contributed by atoms with van der Waals surface area (Å²) in [6, 6.07) is 0. The lowest BCUT2D eigenvalue weighted by molar-refractivity contribution is 0.0295. The zero-order valence-corrected chi connectivity index (χ0v) is 13.1. The first-order valence-corrected chi connectivity index (χ1v) is 8.22. The van der Waals surface area contributed by atoms with Gasteiger partial charge in [0.15, 0.2) is 5.03 Å². The molecule has 21 heavy (non-hydrogen) atoms. The molecule has 0 spiro atoms. The Labute approximate surface area is 124 Å². The summed E-state index contributed by atoms with van der Waals surface area (Å²) in [5.74, 6) is 0. The van der Waals surface area contributed by atoms with Gasteiger partial charge in [0, 0.05) is 25.5 Å². The number of hydrogen-bond donors (Lipinski definition) is 0. The highest BCUT2D eigenvalue weighted by molar-refractivity contribution is 7.92. The van der Waals surface area contributed by atoms with Crippen molar-refractivity contribution in [2.24, 2.45) is 0 Å². The van der Waals surface area contributed by atoms with E-state index in [0.717, 1.165) is 0 Å². The number of aromatic nitrogens is 2. The molecule has 1 unspecified atom stereocenters. The lowest BCUT2D eigenvalue weighted by Crippen LogP contribution is -2.36. The van der Waals surface area contributed by atoms with Gasteiger partial charge >= 0.3 is 6.09 Å². The maximum atomic E-state index is 12.4. The minimum absolute atomic E-state index is 0.0546. The zero-order valence-electron chi connectivity index (χ0n) is 12.3. The Morgan fingerprint density at radius 2 is 2.10 bits per heavy atom. The Hall–Kier alpha value is -1.70. The van der Waals surface area contributed by atoms with Gasteiger partial charge in [-0.05, 0) is 27.2 Å². The Morgan fingerprint density at radius 1 is 1.38 bits per heavy atom. The third-order valence-electron chi connectivity index (χ3n) is 3.07. The summed E-state index contributed by atoms with van der Waals surface area (Å²) in [5, 5.41) is -0.720. The fourth-order valence-corrected chi connectivity index (χ4v) is 3.63. The zero-order chi connectivity index (χ0) is 15.7. The quantitative estimate of drug-likeness (QED) is 0.816. The molecule has 0 N–H and O–H groups in total. The van der Waals surface area contributed by atoms with E-state index in [1.807, 2.05) is 0 Å². The van der Waals surface area contributed by atoms with E-state index >= 15 is 0 Å². The minimum atomic E-state index is -3.57. The lowest BCUT2D eigenvalue weighted by Gasteiger charge is -2.24. The standard InChI is InChI=1S/C13H19N3O4S/c1-13(2,3)20-12(17)16-7-4-10(9-16)21(18,19)11-8-14-5-6-15-11/h5-6,8,10H,4,7,9H2,1-3H3. The molecular weight excluding hydrogens is 294 g/mol. The lowest BCUT2D eigenvalue weighted by atomic mass is 10.2. The number of likely N-dealkylation sites (tertiary alicyclic amines) is 1. The summed E-state index contributed by atoms with van der Waals surface area (Å²) in [4.78, 5) is 21.0. The SMILES string of the molecule is CC(C)(C)OC(=O)N1CCC(S(=O)(=O)c2cnccn2)C1. The van der Waals surface area contributed by atoms with E-state index in [9.17, 15) is 13.2 Å². The normalized spacial score (nSPS) is 19.6. The third-order valence-corrected chi connectivity index (χ3v) is 5.12. The number of carbonyl (C=O) groups is 1. The van der Waals surface area contributed by atoms with Crippen molar-refractivity contribution < 1.29 is 17.9 Å². The van der Waals surface area contributed by atoms with Crippen LogP contribution in [0.15, 0.2) is 23.6 Å². The highest BCUT2D eigenvalue weighted by atomic mass is 32.2. The summed E-state index contributed by atoms with van der Waals surface area (Å²) < 4.78 is 30.1. The first kappa shape index (κ1) is 15.7. The van der Waals surface area contributed by atoms with Crippen molar-refractivity contribution in [3.05, 3.63) is 18.6 Å². The first-order valence-electron chi connectivity index (χ1n) is 6.68. The average molecular weight is 313 g/mol. The molecule has 1 aliphatic heterocycles. The molecule has 1 fully saturated rings. The fourth-order valence-electron chi connectivity index (χ4n) is 2.08. The van der Waals surface area contributed by atoms with Crippen LogP contribution in [0.2, 0.25) is 0 Å². The number of amides is 1. The van der Waals surface area contributed by atoms with Crippen LogP contribution in [0, 0.1) is 0 Å². The number of carbonyl (C=O) groups excluding carboxylic acids is 1. The highest BCUT2D eigenvalue weighted by Gasteiger charge is 2.38. The molecule has 0 radical (unpaired) electrons. The fraction of sp³-hybridized carbons (Fsp3) is 0.615. The Morgan fingerprint density at radius 3 is 2.67 bits per heavy atom.